The van der Waals surface area contributed by atoms with Crippen LogP contribution in [0.4, 0.5) is 0 Å². The van der Waals surface area contributed by atoms with Gasteiger partial charge in [0, 0.05) is 18.2 Å². The van der Waals surface area contributed by atoms with Crippen molar-refractivity contribution in [2.45, 2.75) is 99.8 Å². The van der Waals surface area contributed by atoms with E-state index in [1.165, 1.54) is 19.3 Å². The van der Waals surface area contributed by atoms with E-state index in [9.17, 15) is 19.8 Å². The largest absolute Gasteiger partial charge is 0.504 e. The van der Waals surface area contributed by atoms with Gasteiger partial charge in [0.25, 0.3) is 0 Å². The molecule has 2 aliphatic carbocycles. The van der Waals surface area contributed by atoms with E-state index in [0.29, 0.717) is 38.0 Å². The SMILES string of the molecule is CN1CC[C@]23c4c5ccc(O)c4O[C@H]2[C@@H](NC(=O)COCC(=O)NCCCCCCCCCN)CC[C@]3(O)C1C5. The molecule has 5 atom stereocenters. The van der Waals surface area contributed by atoms with Crippen molar-refractivity contribution in [2.24, 2.45) is 5.73 Å². The number of phenolic OH excluding ortho intramolecular Hbond substituents is 1. The topological polar surface area (TPSA) is 146 Å². The van der Waals surface area contributed by atoms with Crippen LogP contribution in [0, 0.1) is 0 Å². The Morgan fingerprint density at radius 2 is 1.82 bits per heavy atom. The van der Waals surface area contributed by atoms with Crippen LogP contribution < -0.4 is 21.1 Å². The predicted octanol–water partition coefficient (Wildman–Crippen LogP) is 1.48. The molecule has 1 saturated carbocycles. The summed E-state index contributed by atoms with van der Waals surface area (Å²) in [6.45, 7) is 1.77. The van der Waals surface area contributed by atoms with Crippen molar-refractivity contribution >= 4 is 11.8 Å². The maximum absolute atomic E-state index is 12.9. The number of amides is 2. The Bertz CT molecular complexity index is 1080. The fourth-order valence-electron chi connectivity index (χ4n) is 7.82. The van der Waals surface area contributed by atoms with Gasteiger partial charge in [0.15, 0.2) is 11.5 Å². The number of carbonyl (C=O) groups excluding carboxylic acids is 2. The standard InChI is InChI=1S/C30H46N4O6/c1-34-16-13-29-26-20-9-10-22(35)27(26)40-28(29)21(11-12-30(29,38)23(34)17-20)33-25(37)19-39-18-24(36)32-15-8-6-4-2-3-5-7-14-31/h9-10,21,23,28,35,38H,2-8,11-19,31H2,1H3,(H,32,36)(H,33,37)/t21-,23?,28-,29-,30-/m0/s1. The summed E-state index contributed by atoms with van der Waals surface area (Å²) in [6.07, 6.45) is 9.82. The number of nitrogens with two attached hydrogens (primary N) is 1. The molecule has 0 radical (unpaired) electrons. The number of aliphatic hydroxyl groups is 1. The Labute approximate surface area is 237 Å². The molecule has 1 spiro atoms. The van der Waals surface area contributed by atoms with Crippen molar-refractivity contribution in [3.05, 3.63) is 23.3 Å². The number of phenols is 1. The van der Waals surface area contributed by atoms with Gasteiger partial charge in [-0.25, -0.2) is 0 Å². The molecular formula is C30H46N4O6. The van der Waals surface area contributed by atoms with Crippen LogP contribution in [0.25, 0.3) is 0 Å². The Balaban J connectivity index is 1.10. The number of unbranched alkanes of at least 4 members (excludes halogenated alkanes) is 6. The molecule has 4 aliphatic rings. The van der Waals surface area contributed by atoms with Crippen molar-refractivity contribution in [1.29, 1.82) is 0 Å². The average molecular weight is 559 g/mol. The summed E-state index contributed by atoms with van der Waals surface area (Å²) in [4.78, 5) is 27.2. The third-order valence-electron chi connectivity index (χ3n) is 9.75. The number of likely N-dealkylation sites (tertiary alicyclic amines) is 1. The Morgan fingerprint density at radius 3 is 2.60 bits per heavy atom. The summed E-state index contributed by atoms with van der Waals surface area (Å²) in [5.41, 5.74) is 5.84. The Hall–Kier alpha value is -2.40. The minimum atomic E-state index is -1.00. The monoisotopic (exact) mass is 558 g/mol. The van der Waals surface area contributed by atoms with Crippen LogP contribution in [0.5, 0.6) is 11.5 Å². The van der Waals surface area contributed by atoms with Crippen molar-refractivity contribution in [1.82, 2.24) is 15.5 Å². The maximum atomic E-state index is 12.9. The van der Waals surface area contributed by atoms with Crippen LogP contribution in [0.2, 0.25) is 0 Å². The lowest BCUT2D eigenvalue weighted by atomic mass is 9.48. The fraction of sp³-hybridized carbons (Fsp3) is 0.733. The second-order valence-electron chi connectivity index (χ2n) is 12.2. The molecule has 2 fully saturated rings. The lowest BCUT2D eigenvalue weighted by Gasteiger charge is -2.63. The first kappa shape index (κ1) is 29.1. The third-order valence-corrected chi connectivity index (χ3v) is 9.75. The first-order valence-corrected chi connectivity index (χ1v) is 15.1. The zero-order valence-electron chi connectivity index (χ0n) is 23.8. The molecule has 1 aromatic carbocycles. The summed E-state index contributed by atoms with van der Waals surface area (Å²) in [5.74, 6) is -0.0261. The lowest BCUT2D eigenvalue weighted by molar-refractivity contribution is -0.187. The molecule has 10 nitrogen and oxygen atoms in total. The van der Waals surface area contributed by atoms with Gasteiger partial charge in [0.1, 0.15) is 19.3 Å². The maximum Gasteiger partial charge on any atom is 0.246 e. The highest BCUT2D eigenvalue weighted by atomic mass is 16.5. The molecule has 40 heavy (non-hydrogen) atoms. The Kier molecular flexibility index (Phi) is 8.89. The zero-order chi connectivity index (χ0) is 28.3. The van der Waals surface area contributed by atoms with Crippen LogP contribution in [0.15, 0.2) is 12.1 Å². The van der Waals surface area contributed by atoms with Gasteiger partial charge in [-0.15, -0.1) is 0 Å². The third kappa shape index (κ3) is 5.19. The van der Waals surface area contributed by atoms with Gasteiger partial charge in [0.2, 0.25) is 11.8 Å². The van der Waals surface area contributed by atoms with Gasteiger partial charge in [-0.05, 0) is 70.3 Å². The molecule has 0 aromatic heterocycles. The number of rotatable bonds is 14. The van der Waals surface area contributed by atoms with Crippen molar-refractivity contribution in [2.75, 3.05) is 39.9 Å². The Morgan fingerprint density at radius 1 is 1.10 bits per heavy atom. The van der Waals surface area contributed by atoms with E-state index >= 15 is 0 Å². The molecule has 222 valence electrons. The highest BCUT2D eigenvalue weighted by Gasteiger charge is 2.72. The van der Waals surface area contributed by atoms with Gasteiger partial charge >= 0.3 is 0 Å². The average Bonchev–Trinajstić information content (AvgIpc) is 3.29. The molecule has 2 aliphatic heterocycles. The van der Waals surface area contributed by atoms with E-state index in [1.807, 2.05) is 6.07 Å². The highest BCUT2D eigenvalue weighted by molar-refractivity contribution is 5.80. The number of benzene rings is 1. The first-order valence-electron chi connectivity index (χ1n) is 15.1. The molecule has 1 saturated heterocycles. The minimum absolute atomic E-state index is 0.0461. The van der Waals surface area contributed by atoms with Crippen LogP contribution in [0.3, 0.4) is 0 Å². The van der Waals surface area contributed by atoms with Gasteiger partial charge < -0.3 is 41.0 Å². The summed E-state index contributed by atoms with van der Waals surface area (Å²) in [6, 6.07) is 3.22. The number of hydrogen-bond donors (Lipinski definition) is 5. The van der Waals surface area contributed by atoms with E-state index in [4.69, 9.17) is 15.2 Å². The van der Waals surface area contributed by atoms with Gasteiger partial charge in [-0.3, -0.25) is 9.59 Å². The normalized spacial score (nSPS) is 29.9. The second-order valence-corrected chi connectivity index (χ2v) is 12.2. The molecule has 2 heterocycles. The number of aromatic hydroxyl groups is 1. The first-order chi connectivity index (χ1) is 19.3. The van der Waals surface area contributed by atoms with E-state index in [1.54, 1.807) is 6.07 Å². The molecule has 2 bridgehead atoms. The predicted molar refractivity (Wildman–Crippen MR) is 150 cm³/mol. The lowest BCUT2D eigenvalue weighted by Crippen LogP contribution is -2.77. The molecular weight excluding hydrogens is 512 g/mol. The highest BCUT2D eigenvalue weighted by Crippen LogP contribution is 2.65. The second kappa shape index (κ2) is 12.2. The van der Waals surface area contributed by atoms with Gasteiger partial charge in [0.05, 0.1) is 17.1 Å². The molecule has 2 amide bonds. The summed E-state index contributed by atoms with van der Waals surface area (Å²) < 4.78 is 11.8. The van der Waals surface area contributed by atoms with Crippen LogP contribution in [-0.4, -0.2) is 90.6 Å². The van der Waals surface area contributed by atoms with Gasteiger partial charge in [-0.1, -0.05) is 38.2 Å². The summed E-state index contributed by atoms with van der Waals surface area (Å²) in [5, 5.41) is 28.8. The number of nitrogens with one attached hydrogen (secondary N) is 2. The van der Waals surface area contributed by atoms with Crippen LogP contribution >= 0.6 is 0 Å². The van der Waals surface area contributed by atoms with Gasteiger partial charge in [-0.2, -0.15) is 0 Å². The number of carbonyl (C=O) groups is 2. The summed E-state index contributed by atoms with van der Waals surface area (Å²) in [7, 11) is 2.06. The van der Waals surface area contributed by atoms with E-state index < -0.39 is 17.1 Å². The number of piperidine rings is 1. The minimum Gasteiger partial charge on any atom is -0.504 e. The smallest absolute Gasteiger partial charge is 0.246 e. The summed E-state index contributed by atoms with van der Waals surface area (Å²) >= 11 is 0. The van der Waals surface area contributed by atoms with Crippen molar-refractivity contribution in [3.8, 4) is 11.5 Å². The molecule has 5 rings (SSSR count). The number of hydrogen-bond acceptors (Lipinski definition) is 8. The van der Waals surface area contributed by atoms with Crippen LogP contribution in [-0.2, 0) is 26.2 Å². The zero-order valence-corrected chi connectivity index (χ0v) is 23.8. The fourth-order valence-corrected chi connectivity index (χ4v) is 7.82. The quantitative estimate of drug-likeness (QED) is 0.216. The number of nitrogens with zero attached hydrogens (tertiary/aromatic N) is 1. The number of ether oxygens (including phenoxy) is 2. The van der Waals surface area contributed by atoms with E-state index in [-0.39, 0.29) is 42.9 Å². The van der Waals surface area contributed by atoms with Crippen molar-refractivity contribution in [3.63, 3.8) is 0 Å². The molecule has 1 unspecified atom stereocenters. The van der Waals surface area contributed by atoms with Crippen molar-refractivity contribution < 1.29 is 29.3 Å². The van der Waals surface area contributed by atoms with E-state index in [2.05, 4.69) is 22.6 Å². The number of likely N-dealkylation sites (N-methyl/N-ethyl adjacent to an activating group) is 1. The molecule has 1 aromatic rings. The molecule has 10 heteroatoms. The van der Waals surface area contributed by atoms with Crippen LogP contribution in [0.1, 0.15) is 75.3 Å². The van der Waals surface area contributed by atoms with E-state index in [0.717, 1.165) is 49.9 Å². The molecule has 6 N–H and O–H groups in total.